The first-order valence-electron chi connectivity index (χ1n) is 46.8. The van der Waals surface area contributed by atoms with E-state index in [4.69, 9.17) is 91.2 Å². The molecule has 2 aliphatic heterocycles. The molecule has 9 atom stereocenters. The summed E-state index contributed by atoms with van der Waals surface area (Å²) in [5.74, 6) is -23.9. The van der Waals surface area contributed by atoms with Crippen LogP contribution >= 0.6 is 68.6 Å². The molecule has 0 spiro atoms. The molecule has 3 unspecified atom stereocenters. The summed E-state index contributed by atoms with van der Waals surface area (Å²) in [5.41, 5.74) is -1.47. The number of alkyl carbamates (subject to hydrolysis) is 2. The predicted octanol–water partition coefficient (Wildman–Crippen LogP) is 13.2. The van der Waals surface area contributed by atoms with Gasteiger partial charge in [-0.15, -0.1) is 47.0 Å². The Labute approximate surface area is 875 Å². The van der Waals surface area contributed by atoms with Crippen LogP contribution in [0.3, 0.4) is 0 Å². The molecule has 2 saturated heterocycles. The molecule has 0 aromatic heterocycles. The molecule has 2 bridgehead atoms. The molecule has 3 saturated carbocycles. The second-order valence-electron chi connectivity index (χ2n) is 33.8. The number of allylic oxidation sites excluding steroid dienone is 2. The fourth-order valence-corrected chi connectivity index (χ4v) is 20.9. The van der Waals surface area contributed by atoms with Gasteiger partial charge in [0, 0.05) is 48.7 Å². The van der Waals surface area contributed by atoms with Crippen molar-refractivity contribution in [2.45, 2.75) is 252 Å². The molecule has 3 aromatic rings. The van der Waals surface area contributed by atoms with Gasteiger partial charge in [-0.2, -0.15) is 0 Å². The highest BCUT2D eigenvalue weighted by atomic mass is 33.1. The molecule has 52 heteroatoms. The van der Waals surface area contributed by atoms with Crippen molar-refractivity contribution in [1.29, 1.82) is 0 Å². The van der Waals surface area contributed by atoms with Crippen molar-refractivity contribution in [2.75, 3.05) is 46.0 Å². The molecule has 148 heavy (non-hydrogen) atoms. The van der Waals surface area contributed by atoms with E-state index in [1.807, 2.05) is 24.3 Å². The van der Waals surface area contributed by atoms with Crippen molar-refractivity contribution in [2.24, 2.45) is 35.0 Å². The van der Waals surface area contributed by atoms with Gasteiger partial charge in [-0.05, 0) is 73.5 Å². The number of fused-ring (bicyclic) bond motifs is 2. The zero-order valence-corrected chi connectivity index (χ0v) is 85.7. The van der Waals surface area contributed by atoms with Crippen LogP contribution in [0, 0.1) is 35.0 Å². The lowest BCUT2D eigenvalue weighted by Gasteiger charge is -2.35. The third-order valence-corrected chi connectivity index (χ3v) is 30.1. The lowest BCUT2D eigenvalue weighted by Crippen LogP contribution is -2.43. The molecule has 20 N–H and O–H groups in total. The van der Waals surface area contributed by atoms with E-state index in [0.717, 1.165) is 84.1 Å². The fraction of sp³-hybridized carbons (Fsp3) is 0.562. The number of thioether (sulfide) groups is 4. The van der Waals surface area contributed by atoms with E-state index in [1.54, 1.807) is 66.7 Å². The molecule has 4 aliphatic carbocycles. The van der Waals surface area contributed by atoms with Gasteiger partial charge < -0.3 is 121 Å². The Balaban J connectivity index is 0.000000861. The van der Waals surface area contributed by atoms with E-state index in [9.17, 15) is 116 Å². The number of hydrogen-bond acceptors (Lipinski definition) is 32. The minimum absolute atomic E-state index is 0.00671. The van der Waals surface area contributed by atoms with Crippen LogP contribution in [0.25, 0.3) is 0 Å². The van der Waals surface area contributed by atoms with Crippen molar-refractivity contribution < 1.29 is 216 Å². The molecule has 0 radical (unpaired) electrons. The SMILES string of the molecule is O=C(N[C@@H](CSSC[C@H](NC(=O)OCc1ccccc1)C(=O)O)C(=O)O)OCc1ccccc1.O=C(O)C(C(=O)O)c1ccccc1.O=C(O)C1(C(=O)O)CC1.O=C(O)CC1(C(=O)O)CCC(=O)O1.O=C(O)CCCCCCCCCCCCCCCCCCCCC(=O)O.O=C(O)CSC1(SCC(=O)O)CCCCC1.O=C(O)CSCCSCC(=O)O.O=C(O)[C@@H]1[C@H](C(=O)O)[C@@H]2C=C[C@H]1C2.O=C1CC(C(=O)O)C(C(=O)O)O1. The molecule has 6 aliphatic rings. The third-order valence-electron chi connectivity index (χ3n) is 22.2. The topological polar surface area (TPSA) is 801 Å². The Morgan fingerprint density at radius 1 is 0.378 bits per heavy atom. The maximum absolute atomic E-state index is 11.9. The maximum Gasteiger partial charge on any atom is 0.408 e. The summed E-state index contributed by atoms with van der Waals surface area (Å²) >= 11 is 5.39. The largest absolute Gasteiger partial charge is 0.481 e. The standard InChI is InChI=1S/C22H24N2O8S2.C22H42O4.C10H16O4S2.C9H10O4.C9H8O4.C7H8O6.C6H6O6.C6H10O4S2.C5H6O4/c25-19(26)17(23-21(29)31-11-15-7-3-1-4-8-15)13-33-34-14-18(20(27)28)24-22(30)32-12-16-9-5-2-6-10-16;23-21(24)19-17-15-13-11-9-7-5-3-1-2-4-6-8-10-12-14-16-18-20-22(25)26;11-8(12)6-15-10(16-7-9(13)14)4-2-1-3-5-10;10-8(11)6-4-1-2-5(3-4)7(6)9(12)13;10-8(11)7(9(12)13)6-4-2-1-3-5-6;8-4(9)3-7(6(11)12)2-1-5(10)13-7;7-3-1-2(5(8)9)4(12-3)6(10)11;7-5(8)3-11-1-2-12-4-6(9)10;6-3(7)5(1-2-5)4(8)9/h1-10,17-18H,11-14H2,(H,23,29)(H,24,30)(H,25,26)(H,27,28);1-20H2,(H,23,24)(H,25,26);1-7H2,(H,11,12)(H,13,14);1-2,4-7H,3H2,(H,10,11)(H,12,13);1-5,7H,(H,10,11)(H,12,13);1-3H2,(H,8,9)(H,11,12);2,4H,1H2,(H,8,9)(H,10,11);1-4H2,(H,7,8)(H,9,10);1-2H2,(H,6,7)(H,8,9)/t17-,18-;;;4-,5+,6-,7+;;;;;/m0......../s1. The summed E-state index contributed by atoms with van der Waals surface area (Å²) in [6.45, 7) is -0.0134. The number of esters is 2. The minimum atomic E-state index is -1.84. The van der Waals surface area contributed by atoms with Crippen LogP contribution < -0.4 is 10.6 Å². The van der Waals surface area contributed by atoms with E-state index < -0.39 is 191 Å². The van der Waals surface area contributed by atoms with Crippen molar-refractivity contribution in [1.82, 2.24) is 10.6 Å². The van der Waals surface area contributed by atoms with Crippen molar-refractivity contribution in [3.8, 4) is 0 Å². The van der Waals surface area contributed by atoms with Crippen LogP contribution in [0.4, 0.5) is 9.59 Å². The van der Waals surface area contributed by atoms with E-state index in [0.29, 0.717) is 30.8 Å². The van der Waals surface area contributed by atoms with Gasteiger partial charge in [0.05, 0.1) is 51.8 Å². The second kappa shape index (κ2) is 75.2. The molecular formula is C96H130N2O44S6. The maximum atomic E-state index is 11.9. The Kier molecular flexibility index (Phi) is 67.8. The Bertz CT molecular complexity index is 4540. The molecule has 2 heterocycles. The number of rotatable bonds is 59. The molecule has 46 nitrogen and oxygen atoms in total. The average Bonchev–Trinajstić information content (AvgIpc) is 1.62. The first kappa shape index (κ1) is 133. The highest BCUT2D eigenvalue weighted by molar-refractivity contribution is 8.76. The summed E-state index contributed by atoms with van der Waals surface area (Å²) in [6, 6.07) is 23.2. The van der Waals surface area contributed by atoms with E-state index >= 15 is 0 Å². The number of amides is 2. The Morgan fingerprint density at radius 3 is 1.01 bits per heavy atom. The normalized spacial score (nSPS) is 18.0. The smallest absolute Gasteiger partial charge is 0.408 e. The first-order valence-corrected chi connectivity index (χ1v) is 53.5. The van der Waals surface area contributed by atoms with Crippen molar-refractivity contribution >= 4 is 200 Å². The number of cyclic esters (lactones) is 2. The predicted molar refractivity (Wildman–Crippen MR) is 536 cm³/mol. The summed E-state index contributed by atoms with van der Waals surface area (Å²) in [4.78, 5) is 234. The molecular weight excluding hydrogens is 2080 g/mol. The molecule has 3 aromatic carbocycles. The van der Waals surface area contributed by atoms with Gasteiger partial charge >= 0.3 is 132 Å². The Morgan fingerprint density at radius 2 is 0.736 bits per heavy atom. The number of carboxylic acid groups (broad SMARTS) is 18. The number of benzene rings is 3. The van der Waals surface area contributed by atoms with Crippen LogP contribution in [-0.2, 0) is 128 Å². The zero-order valence-electron chi connectivity index (χ0n) is 80.8. The number of carbonyl (C=O) groups excluding carboxylic acids is 4. The highest BCUT2D eigenvalue weighted by Crippen LogP contribution is 2.50. The Hall–Kier alpha value is -12.6. The number of unbranched alkanes of at least 4 members (excludes halogenated alkanes) is 17. The minimum Gasteiger partial charge on any atom is -0.481 e. The number of aliphatic carboxylic acids is 18. The number of carbonyl (C=O) groups is 22. The molecule has 9 rings (SSSR count). The number of hydrogen-bond donors (Lipinski definition) is 20. The van der Waals surface area contributed by atoms with Crippen LogP contribution in [0.2, 0.25) is 0 Å². The van der Waals surface area contributed by atoms with Crippen LogP contribution in [-0.4, -0.2) is 297 Å². The molecule has 824 valence electrons. The quantitative estimate of drug-likeness (QED) is 0.00475. The summed E-state index contributed by atoms with van der Waals surface area (Å²) in [5, 5.41) is 160. The van der Waals surface area contributed by atoms with E-state index in [-0.39, 0.29) is 101 Å². The third kappa shape index (κ3) is 59.4. The van der Waals surface area contributed by atoms with Gasteiger partial charge in [-0.25, -0.2) is 28.8 Å². The van der Waals surface area contributed by atoms with Crippen molar-refractivity contribution in [3.63, 3.8) is 0 Å². The first-order chi connectivity index (χ1) is 69.9. The fourth-order valence-electron chi connectivity index (χ4n) is 14.4. The van der Waals surface area contributed by atoms with Gasteiger partial charge in [-0.1, -0.05) is 247 Å². The summed E-state index contributed by atoms with van der Waals surface area (Å²) in [7, 11) is 2.08. The van der Waals surface area contributed by atoms with E-state index in [2.05, 4.69) is 20.1 Å². The van der Waals surface area contributed by atoms with Gasteiger partial charge in [-0.3, -0.25) is 76.7 Å². The van der Waals surface area contributed by atoms with E-state index in [1.165, 1.54) is 155 Å². The number of ether oxygens (including phenoxy) is 4. The number of carboxylic acids is 18. The van der Waals surface area contributed by atoms with Crippen molar-refractivity contribution in [3.05, 3.63) is 120 Å². The van der Waals surface area contributed by atoms with Gasteiger partial charge in [0.2, 0.25) is 11.7 Å². The van der Waals surface area contributed by atoms with Gasteiger partial charge in [0.1, 0.15) is 31.2 Å². The molecule has 5 fully saturated rings. The van der Waals surface area contributed by atoms with Gasteiger partial charge in [0.25, 0.3) is 0 Å². The van der Waals surface area contributed by atoms with Crippen LogP contribution in [0.5, 0.6) is 0 Å². The lowest BCUT2D eigenvalue weighted by molar-refractivity contribution is -0.173. The summed E-state index contributed by atoms with van der Waals surface area (Å²) < 4.78 is 18.6. The number of nitrogens with one attached hydrogen (secondary N) is 2. The monoisotopic (exact) mass is 2210 g/mol. The highest BCUT2D eigenvalue weighted by Gasteiger charge is 2.58. The van der Waals surface area contributed by atoms with Gasteiger partial charge in [0.15, 0.2) is 11.3 Å². The second-order valence-corrected chi connectivity index (χ2v) is 41.5. The zero-order chi connectivity index (χ0) is 111. The van der Waals surface area contributed by atoms with Crippen LogP contribution in [0.15, 0.2) is 103 Å². The average molecular weight is 2210 g/mol. The summed E-state index contributed by atoms with van der Waals surface area (Å²) in [6.07, 6.45) is 28.4. The lowest BCUT2D eigenvalue weighted by atomic mass is 9.83. The molecule has 2 amide bonds. The van der Waals surface area contributed by atoms with Crippen LogP contribution in [0.1, 0.15) is 228 Å².